The number of benzene rings is 1. The van der Waals surface area contributed by atoms with E-state index in [0.29, 0.717) is 12.0 Å². The predicted octanol–water partition coefficient (Wildman–Crippen LogP) is 3.55. The van der Waals surface area contributed by atoms with Crippen molar-refractivity contribution in [2.75, 3.05) is 5.73 Å². The highest BCUT2D eigenvalue weighted by Crippen LogP contribution is 2.16. The van der Waals surface area contributed by atoms with Gasteiger partial charge in [-0.05, 0) is 56.5 Å². The van der Waals surface area contributed by atoms with E-state index in [2.05, 4.69) is 13.2 Å². The fourth-order valence-corrected chi connectivity index (χ4v) is 1.38. The molecule has 0 bridgehead atoms. The van der Waals surface area contributed by atoms with Gasteiger partial charge >= 0.3 is 0 Å². The molecule has 0 fully saturated rings. The average Bonchev–Trinajstić information content (AvgIpc) is 2.49. The first kappa shape index (κ1) is 21.8. The van der Waals surface area contributed by atoms with Crippen molar-refractivity contribution in [3.05, 3.63) is 66.0 Å². The average molecular weight is 349 g/mol. The highest BCUT2D eigenvalue weighted by atomic mass is 32.2. The molecule has 0 saturated carbocycles. The van der Waals surface area contributed by atoms with Crippen LogP contribution in [0.15, 0.2) is 54.7 Å². The molecule has 0 heterocycles. The van der Waals surface area contributed by atoms with Crippen LogP contribution in [0.3, 0.4) is 0 Å². The summed E-state index contributed by atoms with van der Waals surface area (Å²) in [5, 5.41) is 13.7. The van der Waals surface area contributed by atoms with Crippen molar-refractivity contribution < 1.29 is 8.60 Å². The Morgan fingerprint density at radius 2 is 2.00 bits per heavy atom. The summed E-state index contributed by atoms with van der Waals surface area (Å²) < 4.78 is 23.1. The summed E-state index contributed by atoms with van der Waals surface area (Å²) in [4.78, 5) is 0. The summed E-state index contributed by atoms with van der Waals surface area (Å²) in [5.41, 5.74) is 7.64. The Labute approximate surface area is 145 Å². The highest BCUT2D eigenvalue weighted by Gasteiger charge is 2.14. The molecule has 1 rings (SSSR count). The molecule has 4 nitrogen and oxygen atoms in total. The number of halogens is 1. The Bertz CT molecular complexity index is 697. The molecule has 0 amide bonds. The van der Waals surface area contributed by atoms with E-state index < -0.39 is 16.8 Å². The van der Waals surface area contributed by atoms with Gasteiger partial charge in [0.1, 0.15) is 5.82 Å². The van der Waals surface area contributed by atoms with Crippen LogP contribution >= 0.6 is 0 Å². The number of nitriles is 1. The number of nitrogens with zero attached hydrogens (tertiary/aromatic N) is 1. The molecule has 0 aliphatic rings. The molecule has 1 aromatic rings. The maximum absolute atomic E-state index is 13.0. The summed E-state index contributed by atoms with van der Waals surface area (Å²) >= 11 is 0. The van der Waals surface area contributed by atoms with Crippen LogP contribution in [0.2, 0.25) is 0 Å². The van der Waals surface area contributed by atoms with Gasteiger partial charge in [-0.15, -0.1) is 0 Å². The minimum absolute atomic E-state index is 0.116. The molecule has 1 unspecified atom stereocenters. The van der Waals surface area contributed by atoms with Gasteiger partial charge in [0.2, 0.25) is 0 Å². The van der Waals surface area contributed by atoms with Crippen molar-refractivity contribution in [1.29, 1.82) is 5.26 Å². The summed E-state index contributed by atoms with van der Waals surface area (Å²) in [6, 6.07) is 6.48. The van der Waals surface area contributed by atoms with Crippen molar-refractivity contribution in [1.82, 2.24) is 0 Å². The third-order valence-electron chi connectivity index (χ3n) is 2.84. The van der Waals surface area contributed by atoms with Crippen LogP contribution in [0.1, 0.15) is 26.3 Å². The zero-order valence-corrected chi connectivity index (χ0v) is 15.1. The highest BCUT2D eigenvalue weighted by molar-refractivity contribution is 7.84. The van der Waals surface area contributed by atoms with E-state index in [1.165, 1.54) is 6.07 Å². The van der Waals surface area contributed by atoms with Crippen molar-refractivity contribution in [3.8, 4) is 6.07 Å². The minimum atomic E-state index is -1.18. The van der Waals surface area contributed by atoms with Crippen LogP contribution < -0.4 is 10.9 Å². The number of allylic oxidation sites excluding steroid dienone is 4. The Morgan fingerprint density at radius 3 is 2.38 bits per heavy atom. The summed E-state index contributed by atoms with van der Waals surface area (Å²) in [5.74, 6) is -0.431. The molecular formula is C18H24FN3OS. The predicted molar refractivity (Wildman–Crippen MR) is 99.6 cm³/mol. The van der Waals surface area contributed by atoms with Gasteiger partial charge in [0, 0.05) is 5.57 Å². The van der Waals surface area contributed by atoms with Crippen LogP contribution in [0.4, 0.5) is 10.1 Å². The number of hydrogen-bond acceptors (Lipinski definition) is 3. The van der Waals surface area contributed by atoms with Gasteiger partial charge < -0.3 is 5.73 Å². The first-order valence-corrected chi connectivity index (χ1v) is 8.34. The van der Waals surface area contributed by atoms with Crippen LogP contribution in [0, 0.1) is 17.1 Å². The second-order valence-corrected chi connectivity index (χ2v) is 7.82. The lowest BCUT2D eigenvalue weighted by Gasteiger charge is -2.11. The largest absolute Gasteiger partial charge is 0.396 e. The molecule has 0 aromatic heterocycles. The zero-order valence-electron chi connectivity index (χ0n) is 14.3. The number of nitrogen functional groups attached to an aromatic ring is 1. The van der Waals surface area contributed by atoms with Gasteiger partial charge in [-0.3, -0.25) is 5.14 Å². The van der Waals surface area contributed by atoms with Gasteiger partial charge in [-0.25, -0.2) is 8.60 Å². The Hall–Kier alpha value is -2.23. The van der Waals surface area contributed by atoms with E-state index in [0.717, 1.165) is 11.1 Å². The Morgan fingerprint density at radius 1 is 1.46 bits per heavy atom. The normalized spacial score (nSPS) is 12.4. The Balaban J connectivity index is 0.000000640. The molecule has 0 spiro atoms. The summed E-state index contributed by atoms with van der Waals surface area (Å²) in [7, 11) is -1.18. The summed E-state index contributed by atoms with van der Waals surface area (Å²) in [6.45, 7) is 12.7. The maximum Gasteiger partial charge on any atom is 0.146 e. The molecule has 0 aliphatic carbocycles. The third kappa shape index (κ3) is 8.42. The van der Waals surface area contributed by atoms with E-state index in [9.17, 15) is 8.60 Å². The SMILES string of the molecule is C=C/C(=C\C(=C)C#N)Cc1ccc(F)c(N)c1.CC(C)(C)S(N)=O. The first-order chi connectivity index (χ1) is 11.0. The molecule has 1 atom stereocenters. The second kappa shape index (κ2) is 9.81. The fourth-order valence-electron chi connectivity index (χ4n) is 1.38. The lowest BCUT2D eigenvalue weighted by molar-refractivity contribution is 0.632. The van der Waals surface area contributed by atoms with Gasteiger partial charge in [0.25, 0.3) is 0 Å². The van der Waals surface area contributed by atoms with E-state index >= 15 is 0 Å². The maximum atomic E-state index is 13.0. The molecule has 24 heavy (non-hydrogen) atoms. The quantitative estimate of drug-likeness (QED) is 0.494. The number of anilines is 1. The van der Waals surface area contributed by atoms with Crippen molar-refractivity contribution >= 4 is 16.7 Å². The second-order valence-electron chi connectivity index (χ2n) is 6.00. The third-order valence-corrected chi connectivity index (χ3v) is 4.04. The molecular weight excluding hydrogens is 325 g/mol. The van der Waals surface area contributed by atoms with Crippen LogP contribution in [0.25, 0.3) is 0 Å². The fraction of sp³-hybridized carbons (Fsp3) is 0.278. The number of hydrogen-bond donors (Lipinski definition) is 2. The molecule has 0 aliphatic heterocycles. The van der Waals surface area contributed by atoms with Crippen molar-refractivity contribution in [3.63, 3.8) is 0 Å². The van der Waals surface area contributed by atoms with E-state index in [-0.39, 0.29) is 10.4 Å². The molecule has 130 valence electrons. The lowest BCUT2D eigenvalue weighted by atomic mass is 10.0. The molecule has 6 heteroatoms. The van der Waals surface area contributed by atoms with E-state index in [1.807, 2.05) is 26.8 Å². The van der Waals surface area contributed by atoms with Crippen LogP contribution in [-0.2, 0) is 17.4 Å². The molecule has 0 radical (unpaired) electrons. The number of nitrogens with two attached hydrogens (primary N) is 2. The van der Waals surface area contributed by atoms with E-state index in [1.54, 1.807) is 24.3 Å². The number of rotatable bonds is 4. The molecule has 4 N–H and O–H groups in total. The van der Waals surface area contributed by atoms with Gasteiger partial charge in [0.05, 0.1) is 27.5 Å². The zero-order chi connectivity index (χ0) is 18.9. The minimum Gasteiger partial charge on any atom is -0.396 e. The van der Waals surface area contributed by atoms with Gasteiger partial charge in [-0.1, -0.05) is 25.3 Å². The lowest BCUT2D eigenvalue weighted by Crippen LogP contribution is -2.27. The van der Waals surface area contributed by atoms with Crippen LogP contribution in [0.5, 0.6) is 0 Å². The smallest absolute Gasteiger partial charge is 0.146 e. The van der Waals surface area contributed by atoms with Gasteiger partial charge in [0.15, 0.2) is 0 Å². The van der Waals surface area contributed by atoms with Crippen LogP contribution in [-0.4, -0.2) is 8.96 Å². The Kier molecular flexibility index (Phi) is 8.90. The summed E-state index contributed by atoms with van der Waals surface area (Å²) in [6.07, 6.45) is 3.82. The topological polar surface area (TPSA) is 92.9 Å². The standard InChI is InChI=1S/C14H13FN2.C4H11NOS/c1-3-11(6-10(2)9-16)7-12-4-5-13(15)14(17)8-12;1-4(2,3)7(5)6/h3-6,8H,1-2,7,17H2;5H2,1-3H3/b11-6+;. The molecule has 1 aromatic carbocycles. The van der Waals surface area contributed by atoms with E-state index in [4.69, 9.17) is 16.1 Å². The van der Waals surface area contributed by atoms with Crippen molar-refractivity contribution in [2.45, 2.75) is 31.9 Å². The van der Waals surface area contributed by atoms with Gasteiger partial charge in [-0.2, -0.15) is 5.26 Å². The molecule has 0 saturated heterocycles. The van der Waals surface area contributed by atoms with Crippen molar-refractivity contribution in [2.24, 2.45) is 5.14 Å². The first-order valence-electron chi connectivity index (χ1n) is 7.13. The monoisotopic (exact) mass is 349 g/mol.